The molecule has 1 saturated heterocycles. The van der Waals surface area contributed by atoms with E-state index in [4.69, 9.17) is 4.74 Å². The number of benzene rings is 2. The zero-order valence-corrected chi connectivity index (χ0v) is 24.4. The predicted molar refractivity (Wildman–Crippen MR) is 162 cm³/mol. The minimum atomic E-state index is -3.87. The monoisotopic (exact) mass is 583 g/mol. The van der Waals surface area contributed by atoms with Crippen LogP contribution >= 0.6 is 0 Å². The van der Waals surface area contributed by atoms with Gasteiger partial charge in [-0.05, 0) is 81.1 Å². The molecule has 4 heterocycles. The van der Waals surface area contributed by atoms with Crippen molar-refractivity contribution in [1.82, 2.24) is 14.9 Å². The second kappa shape index (κ2) is 10.4. The van der Waals surface area contributed by atoms with E-state index in [-0.39, 0.29) is 22.4 Å². The number of anilines is 2. The second-order valence-corrected chi connectivity index (χ2v) is 13.1. The minimum Gasteiger partial charge on any atom is -0.476 e. The first-order chi connectivity index (χ1) is 20.4. The summed E-state index contributed by atoms with van der Waals surface area (Å²) in [6.07, 6.45) is 8.46. The summed E-state index contributed by atoms with van der Waals surface area (Å²) in [6, 6.07) is 16.0. The van der Waals surface area contributed by atoms with E-state index in [0.717, 1.165) is 72.2 Å². The Morgan fingerprint density at radius 2 is 1.76 bits per heavy atom. The Labute approximate surface area is 245 Å². The van der Waals surface area contributed by atoms with Crippen LogP contribution in [0, 0.1) is 0 Å². The number of nitrogens with one attached hydrogen (secondary N) is 1. The van der Waals surface area contributed by atoms with Gasteiger partial charge in [0.25, 0.3) is 10.0 Å². The highest BCUT2D eigenvalue weighted by molar-refractivity contribution is 7.92. The fourth-order valence-corrected chi connectivity index (χ4v) is 7.38. The van der Waals surface area contributed by atoms with Gasteiger partial charge in [0, 0.05) is 36.3 Å². The highest BCUT2D eigenvalue weighted by atomic mass is 32.2. The normalized spacial score (nSPS) is 17.6. The average molecular weight is 584 g/mol. The Bertz CT molecular complexity index is 1780. The maximum atomic E-state index is 13.3. The molecule has 2 aromatic carbocycles. The molecule has 216 valence electrons. The smallest absolute Gasteiger partial charge is 0.262 e. The maximum absolute atomic E-state index is 13.3. The van der Waals surface area contributed by atoms with E-state index < -0.39 is 15.4 Å². The van der Waals surface area contributed by atoms with Gasteiger partial charge >= 0.3 is 0 Å². The van der Waals surface area contributed by atoms with Crippen LogP contribution in [0.1, 0.15) is 37.7 Å². The molecule has 42 heavy (non-hydrogen) atoms. The SMILES string of the molecule is CN1C(=O)C2(CC2)c2c1cnc1ccc(-c3cnc(OCCCN4CCCC4)c(NS(=O)(=O)c4ccccc4)c3)cc21. The van der Waals surface area contributed by atoms with Gasteiger partial charge in [-0.15, -0.1) is 0 Å². The van der Waals surface area contributed by atoms with Crippen LogP contribution < -0.4 is 14.4 Å². The van der Waals surface area contributed by atoms with Crippen molar-refractivity contribution in [3.05, 3.63) is 72.6 Å². The molecule has 10 heteroatoms. The van der Waals surface area contributed by atoms with Gasteiger partial charge in [-0.25, -0.2) is 13.4 Å². The number of nitrogens with zero attached hydrogens (tertiary/aromatic N) is 4. The second-order valence-electron chi connectivity index (χ2n) is 11.4. The Balaban J connectivity index is 1.23. The number of carbonyl (C=O) groups excluding carboxylic acids is 1. The molecule has 2 aromatic heterocycles. The molecule has 1 aliphatic carbocycles. The molecule has 0 radical (unpaired) electrons. The van der Waals surface area contributed by atoms with Crippen LogP contribution in [0.2, 0.25) is 0 Å². The molecule has 0 atom stereocenters. The summed E-state index contributed by atoms with van der Waals surface area (Å²) in [6.45, 7) is 3.61. The third-order valence-corrected chi connectivity index (χ3v) is 10.1. The summed E-state index contributed by atoms with van der Waals surface area (Å²) >= 11 is 0. The van der Waals surface area contributed by atoms with E-state index in [9.17, 15) is 13.2 Å². The van der Waals surface area contributed by atoms with Gasteiger partial charge in [-0.2, -0.15) is 0 Å². The molecule has 1 saturated carbocycles. The van der Waals surface area contributed by atoms with Crippen LogP contribution in [-0.2, 0) is 20.2 Å². The summed E-state index contributed by atoms with van der Waals surface area (Å²) in [7, 11) is -2.06. The Morgan fingerprint density at radius 1 is 0.976 bits per heavy atom. The van der Waals surface area contributed by atoms with E-state index in [1.165, 1.54) is 12.8 Å². The highest BCUT2D eigenvalue weighted by Crippen LogP contribution is 2.58. The first-order valence-electron chi connectivity index (χ1n) is 14.5. The van der Waals surface area contributed by atoms with Gasteiger partial charge in [0.15, 0.2) is 0 Å². The molecule has 1 N–H and O–H groups in total. The van der Waals surface area contributed by atoms with E-state index in [2.05, 4.69) is 19.6 Å². The third-order valence-electron chi connectivity index (χ3n) is 8.69. The summed E-state index contributed by atoms with van der Waals surface area (Å²) in [5.41, 5.74) is 4.12. The molecule has 7 rings (SSSR count). The molecule has 0 bridgehead atoms. The van der Waals surface area contributed by atoms with Gasteiger partial charge in [0.2, 0.25) is 11.8 Å². The van der Waals surface area contributed by atoms with Crippen molar-refractivity contribution in [2.45, 2.75) is 42.4 Å². The predicted octanol–water partition coefficient (Wildman–Crippen LogP) is 4.97. The first-order valence-corrected chi connectivity index (χ1v) is 16.0. The third kappa shape index (κ3) is 4.68. The van der Waals surface area contributed by atoms with Gasteiger partial charge < -0.3 is 14.5 Å². The number of rotatable bonds is 9. The number of hydrogen-bond acceptors (Lipinski definition) is 7. The molecule has 4 aromatic rings. The number of carbonyl (C=O) groups is 1. The summed E-state index contributed by atoms with van der Waals surface area (Å²) < 4.78 is 35.4. The van der Waals surface area contributed by atoms with Crippen LogP contribution in [0.25, 0.3) is 22.0 Å². The molecular weight excluding hydrogens is 550 g/mol. The zero-order chi connectivity index (χ0) is 28.9. The largest absolute Gasteiger partial charge is 0.476 e. The zero-order valence-electron chi connectivity index (χ0n) is 23.5. The van der Waals surface area contributed by atoms with E-state index in [1.807, 2.05) is 25.2 Å². The Kier molecular flexibility index (Phi) is 6.62. The van der Waals surface area contributed by atoms with Gasteiger partial charge in [-0.3, -0.25) is 14.5 Å². The topological polar surface area (TPSA) is 105 Å². The average Bonchev–Trinajstić information content (AvgIpc) is 3.58. The van der Waals surface area contributed by atoms with Crippen molar-refractivity contribution in [3.8, 4) is 17.0 Å². The Hall–Kier alpha value is -4.02. The minimum absolute atomic E-state index is 0.128. The molecule has 1 spiro atoms. The number of amides is 1. The van der Waals surface area contributed by atoms with E-state index >= 15 is 0 Å². The molecule has 2 fully saturated rings. The van der Waals surface area contributed by atoms with Crippen LogP contribution in [-0.4, -0.2) is 62.5 Å². The van der Waals surface area contributed by atoms with E-state index in [1.54, 1.807) is 53.7 Å². The number of likely N-dealkylation sites (N-methyl/N-ethyl adjacent to an activating group) is 1. The molecule has 9 nitrogen and oxygen atoms in total. The molecule has 2 aliphatic heterocycles. The highest BCUT2D eigenvalue weighted by Gasteiger charge is 2.59. The number of hydrogen-bond donors (Lipinski definition) is 1. The lowest BCUT2D eigenvalue weighted by Crippen LogP contribution is -2.28. The number of aromatic nitrogens is 2. The van der Waals surface area contributed by atoms with Crippen molar-refractivity contribution in [3.63, 3.8) is 0 Å². The molecular formula is C32H33N5O4S. The van der Waals surface area contributed by atoms with Crippen molar-refractivity contribution in [2.75, 3.05) is 42.9 Å². The number of pyridine rings is 2. The van der Waals surface area contributed by atoms with Crippen LogP contribution in [0.15, 0.2) is 71.9 Å². The molecule has 3 aliphatic rings. The lowest BCUT2D eigenvalue weighted by Gasteiger charge is -2.17. The van der Waals surface area contributed by atoms with Crippen LogP contribution in [0.5, 0.6) is 5.88 Å². The van der Waals surface area contributed by atoms with Crippen LogP contribution in [0.4, 0.5) is 11.4 Å². The quantitative estimate of drug-likeness (QED) is 0.278. The van der Waals surface area contributed by atoms with Gasteiger partial charge in [0.05, 0.1) is 34.3 Å². The number of sulfonamides is 1. The fourth-order valence-electron chi connectivity index (χ4n) is 6.31. The molecule has 1 amide bonds. The molecule has 0 unspecified atom stereocenters. The van der Waals surface area contributed by atoms with Crippen molar-refractivity contribution in [2.24, 2.45) is 0 Å². The number of fused-ring (bicyclic) bond motifs is 4. The first kappa shape index (κ1) is 26.9. The van der Waals surface area contributed by atoms with Crippen LogP contribution in [0.3, 0.4) is 0 Å². The van der Waals surface area contributed by atoms with Crippen molar-refractivity contribution in [1.29, 1.82) is 0 Å². The fraction of sp³-hybridized carbons (Fsp3) is 0.344. The van der Waals surface area contributed by atoms with Gasteiger partial charge in [-0.1, -0.05) is 24.3 Å². The Morgan fingerprint density at radius 3 is 2.52 bits per heavy atom. The maximum Gasteiger partial charge on any atom is 0.262 e. The standard InChI is InChI=1S/C32H33N5O4S/c1-36-28-21-33-26-11-10-22(18-25(26)29(28)32(12-13-32)31(36)38)23-19-27(35-42(39,40)24-8-3-2-4-9-24)30(34-20-23)41-17-7-16-37-14-5-6-15-37/h2-4,8-11,18-21,35H,5-7,12-17H2,1H3. The van der Waals surface area contributed by atoms with Crippen molar-refractivity contribution >= 4 is 38.2 Å². The summed E-state index contributed by atoms with van der Waals surface area (Å²) in [5.74, 6) is 0.370. The van der Waals surface area contributed by atoms with Crippen molar-refractivity contribution < 1.29 is 17.9 Å². The lowest BCUT2D eigenvalue weighted by atomic mass is 9.92. The van der Waals surface area contributed by atoms with E-state index in [0.29, 0.717) is 6.61 Å². The van der Waals surface area contributed by atoms with Gasteiger partial charge in [0.1, 0.15) is 5.69 Å². The summed E-state index contributed by atoms with van der Waals surface area (Å²) in [5, 5.41) is 0.939. The summed E-state index contributed by atoms with van der Waals surface area (Å²) in [4.78, 5) is 26.6. The number of ether oxygens (including phenoxy) is 1. The number of likely N-dealkylation sites (tertiary alicyclic amines) is 1. The lowest BCUT2D eigenvalue weighted by molar-refractivity contribution is -0.119.